The highest BCUT2D eigenvalue weighted by Crippen LogP contribution is 2.26. The maximum absolute atomic E-state index is 12.4. The molecule has 4 nitrogen and oxygen atoms in total. The molecule has 1 aromatic carbocycles. The number of para-hydroxylation sites is 1. The van der Waals surface area contributed by atoms with Crippen LogP contribution in [0.1, 0.15) is 18.5 Å². The largest absolute Gasteiger partial charge is 0.434 e. The molecule has 6 heteroatoms. The maximum Gasteiger partial charge on any atom is 0.387 e. The zero-order chi connectivity index (χ0) is 15.1. The summed E-state index contributed by atoms with van der Waals surface area (Å²) in [4.78, 5) is 2.32. The van der Waals surface area contributed by atoms with Crippen LogP contribution in [0.15, 0.2) is 24.3 Å². The molecule has 1 fully saturated rings. The number of alkyl halides is 2. The minimum absolute atomic E-state index is 0.0407. The molecule has 0 bridgehead atoms. The molecule has 1 aromatic rings. The molecule has 1 saturated heterocycles. The smallest absolute Gasteiger partial charge is 0.387 e. The van der Waals surface area contributed by atoms with Gasteiger partial charge in [0.2, 0.25) is 0 Å². The molecular weight excluding hydrogens is 278 g/mol. The van der Waals surface area contributed by atoms with Gasteiger partial charge in [0, 0.05) is 37.8 Å². The zero-order valence-corrected chi connectivity index (χ0v) is 12.2. The molecule has 1 aliphatic rings. The van der Waals surface area contributed by atoms with Crippen molar-refractivity contribution in [2.75, 3.05) is 39.4 Å². The molecule has 21 heavy (non-hydrogen) atoms. The van der Waals surface area contributed by atoms with Crippen LogP contribution in [-0.4, -0.2) is 50.9 Å². The van der Waals surface area contributed by atoms with Gasteiger partial charge in [-0.25, -0.2) is 0 Å². The molecule has 0 aromatic heterocycles. The summed E-state index contributed by atoms with van der Waals surface area (Å²) in [5, 5.41) is 3.35. The van der Waals surface area contributed by atoms with Crippen LogP contribution in [0, 0.1) is 0 Å². The SMILES string of the molecule is CC(NCCN1CCOCC1)c1ccccc1OC(F)F. The highest BCUT2D eigenvalue weighted by Gasteiger charge is 2.15. The van der Waals surface area contributed by atoms with Gasteiger partial charge in [-0.05, 0) is 13.0 Å². The highest BCUT2D eigenvalue weighted by atomic mass is 19.3. The van der Waals surface area contributed by atoms with E-state index < -0.39 is 6.61 Å². The van der Waals surface area contributed by atoms with Gasteiger partial charge >= 0.3 is 6.61 Å². The van der Waals surface area contributed by atoms with Crippen molar-refractivity contribution in [2.45, 2.75) is 19.6 Å². The van der Waals surface area contributed by atoms with Crippen LogP contribution in [-0.2, 0) is 4.74 Å². The number of nitrogens with zero attached hydrogens (tertiary/aromatic N) is 1. The Morgan fingerprint density at radius 3 is 2.71 bits per heavy atom. The van der Waals surface area contributed by atoms with Crippen LogP contribution in [0.4, 0.5) is 8.78 Å². The molecule has 0 spiro atoms. The molecule has 0 amide bonds. The lowest BCUT2D eigenvalue weighted by molar-refractivity contribution is -0.0506. The number of rotatable bonds is 7. The second-order valence-electron chi connectivity index (χ2n) is 5.05. The quantitative estimate of drug-likeness (QED) is 0.837. The number of hydrogen-bond donors (Lipinski definition) is 1. The van der Waals surface area contributed by atoms with Crippen LogP contribution >= 0.6 is 0 Å². The first kappa shape index (κ1) is 16.1. The summed E-state index contributed by atoms with van der Waals surface area (Å²) >= 11 is 0. The number of halogens is 2. The van der Waals surface area contributed by atoms with E-state index in [-0.39, 0.29) is 11.8 Å². The van der Waals surface area contributed by atoms with E-state index in [0.29, 0.717) is 0 Å². The Morgan fingerprint density at radius 1 is 1.29 bits per heavy atom. The van der Waals surface area contributed by atoms with Crippen LogP contribution in [0.2, 0.25) is 0 Å². The third-order valence-corrected chi connectivity index (χ3v) is 3.58. The minimum atomic E-state index is -2.80. The van der Waals surface area contributed by atoms with E-state index in [0.717, 1.165) is 45.0 Å². The Morgan fingerprint density at radius 2 is 2.00 bits per heavy atom. The van der Waals surface area contributed by atoms with Crippen molar-refractivity contribution in [1.29, 1.82) is 0 Å². The third kappa shape index (κ3) is 5.22. The van der Waals surface area contributed by atoms with Crippen molar-refractivity contribution in [3.05, 3.63) is 29.8 Å². The number of ether oxygens (including phenoxy) is 2. The summed E-state index contributed by atoms with van der Waals surface area (Å²) < 4.78 is 34.7. The minimum Gasteiger partial charge on any atom is -0.434 e. The summed E-state index contributed by atoms with van der Waals surface area (Å²) in [6.45, 7) is 4.32. The number of hydrogen-bond acceptors (Lipinski definition) is 4. The highest BCUT2D eigenvalue weighted by molar-refractivity contribution is 5.35. The normalized spacial score (nSPS) is 17.9. The Bertz CT molecular complexity index is 426. The lowest BCUT2D eigenvalue weighted by Gasteiger charge is -2.27. The fourth-order valence-electron chi connectivity index (χ4n) is 2.42. The van der Waals surface area contributed by atoms with E-state index in [4.69, 9.17) is 4.74 Å². The van der Waals surface area contributed by atoms with Crippen molar-refractivity contribution < 1.29 is 18.3 Å². The van der Waals surface area contributed by atoms with Crippen molar-refractivity contribution in [2.24, 2.45) is 0 Å². The predicted octanol–water partition coefficient (Wildman–Crippen LogP) is 2.27. The lowest BCUT2D eigenvalue weighted by Crippen LogP contribution is -2.40. The molecule has 118 valence electrons. The van der Waals surface area contributed by atoms with Crippen molar-refractivity contribution in [3.63, 3.8) is 0 Å². The molecule has 1 aliphatic heterocycles. The second kappa shape index (κ2) is 8.26. The molecular formula is C15H22F2N2O2. The lowest BCUT2D eigenvalue weighted by atomic mass is 10.1. The first-order valence-electron chi connectivity index (χ1n) is 7.24. The van der Waals surface area contributed by atoms with Crippen molar-refractivity contribution in [3.8, 4) is 5.75 Å². The van der Waals surface area contributed by atoms with Crippen LogP contribution < -0.4 is 10.1 Å². The fourth-order valence-corrected chi connectivity index (χ4v) is 2.42. The van der Waals surface area contributed by atoms with Crippen LogP contribution in [0.5, 0.6) is 5.75 Å². The fraction of sp³-hybridized carbons (Fsp3) is 0.600. The van der Waals surface area contributed by atoms with Gasteiger partial charge in [0.1, 0.15) is 5.75 Å². The molecule has 0 radical (unpaired) electrons. The molecule has 1 heterocycles. The predicted molar refractivity (Wildman–Crippen MR) is 76.8 cm³/mol. The molecule has 2 rings (SSSR count). The zero-order valence-electron chi connectivity index (χ0n) is 12.2. The number of morpholine rings is 1. The Kier molecular flexibility index (Phi) is 6.35. The second-order valence-corrected chi connectivity index (χ2v) is 5.05. The molecule has 1 atom stereocenters. The van der Waals surface area contributed by atoms with Crippen molar-refractivity contribution in [1.82, 2.24) is 10.2 Å². The molecule has 0 aliphatic carbocycles. The summed E-state index contributed by atoms with van der Waals surface area (Å²) in [7, 11) is 0. The van der Waals surface area contributed by atoms with E-state index in [2.05, 4.69) is 15.0 Å². The molecule has 0 saturated carbocycles. The van der Waals surface area contributed by atoms with Gasteiger partial charge in [-0.15, -0.1) is 0 Å². The third-order valence-electron chi connectivity index (χ3n) is 3.58. The average molecular weight is 300 g/mol. The number of benzene rings is 1. The van der Waals surface area contributed by atoms with Gasteiger partial charge in [0.25, 0.3) is 0 Å². The van der Waals surface area contributed by atoms with Crippen LogP contribution in [0.3, 0.4) is 0 Å². The first-order valence-corrected chi connectivity index (χ1v) is 7.24. The van der Waals surface area contributed by atoms with Gasteiger partial charge in [-0.3, -0.25) is 4.90 Å². The molecule has 1 unspecified atom stereocenters. The van der Waals surface area contributed by atoms with Gasteiger partial charge < -0.3 is 14.8 Å². The molecule has 1 N–H and O–H groups in total. The summed E-state index contributed by atoms with van der Waals surface area (Å²) in [5.74, 6) is 0.235. The topological polar surface area (TPSA) is 33.7 Å². The van der Waals surface area contributed by atoms with Gasteiger partial charge in [0.15, 0.2) is 0 Å². The maximum atomic E-state index is 12.4. The van der Waals surface area contributed by atoms with Gasteiger partial charge in [0.05, 0.1) is 13.2 Å². The summed E-state index contributed by atoms with van der Waals surface area (Å²) in [5.41, 5.74) is 0.750. The standard InChI is InChI=1S/C15H22F2N2O2/c1-12(18-6-7-19-8-10-20-11-9-19)13-4-2-3-5-14(13)21-15(16)17/h2-5,12,15,18H,6-11H2,1H3. The van der Waals surface area contributed by atoms with Gasteiger partial charge in [-0.1, -0.05) is 18.2 Å². The summed E-state index contributed by atoms with van der Waals surface area (Å²) in [6, 6.07) is 6.86. The van der Waals surface area contributed by atoms with E-state index in [1.807, 2.05) is 19.1 Å². The Labute approximate surface area is 124 Å². The Hall–Kier alpha value is -1.24. The van der Waals surface area contributed by atoms with E-state index in [1.165, 1.54) is 0 Å². The van der Waals surface area contributed by atoms with Crippen molar-refractivity contribution >= 4 is 0 Å². The van der Waals surface area contributed by atoms with E-state index >= 15 is 0 Å². The van der Waals surface area contributed by atoms with E-state index in [1.54, 1.807) is 12.1 Å². The Balaban J connectivity index is 1.83. The summed E-state index contributed by atoms with van der Waals surface area (Å²) in [6.07, 6.45) is 0. The first-order chi connectivity index (χ1) is 10.2. The van der Waals surface area contributed by atoms with E-state index in [9.17, 15) is 8.78 Å². The monoisotopic (exact) mass is 300 g/mol. The van der Waals surface area contributed by atoms with Crippen LogP contribution in [0.25, 0.3) is 0 Å². The average Bonchev–Trinajstić information content (AvgIpc) is 2.48. The van der Waals surface area contributed by atoms with Gasteiger partial charge in [-0.2, -0.15) is 8.78 Å². The number of nitrogens with one attached hydrogen (secondary N) is 1.